The molecular formula is C25H29NO7S2. The Morgan fingerprint density at radius 1 is 1.20 bits per heavy atom. The Hall–Kier alpha value is -2.92. The average Bonchev–Trinajstić information content (AvgIpc) is 3.60. The van der Waals surface area contributed by atoms with Gasteiger partial charge in [-0.05, 0) is 35.0 Å². The van der Waals surface area contributed by atoms with Gasteiger partial charge in [0, 0.05) is 25.4 Å². The molecule has 3 aromatic rings. The van der Waals surface area contributed by atoms with Crippen molar-refractivity contribution in [3.05, 3.63) is 69.0 Å². The number of aromatic hydroxyl groups is 1. The first-order valence-electron chi connectivity index (χ1n) is 11.1. The topological polar surface area (TPSA) is 116 Å². The number of ether oxygens (including phenoxy) is 2. The second-order valence-electron chi connectivity index (χ2n) is 8.53. The van der Waals surface area contributed by atoms with Crippen LogP contribution >= 0.6 is 22.7 Å². The largest absolute Gasteiger partial charge is 0.554 e. The fourth-order valence-electron chi connectivity index (χ4n) is 4.17. The van der Waals surface area contributed by atoms with E-state index in [1.54, 1.807) is 30.3 Å². The van der Waals surface area contributed by atoms with Crippen LogP contribution < -0.4 is 9.84 Å². The van der Waals surface area contributed by atoms with E-state index in [0.29, 0.717) is 28.7 Å². The minimum absolute atomic E-state index is 0.191. The van der Waals surface area contributed by atoms with Crippen LogP contribution in [0.3, 0.4) is 0 Å². The molecule has 2 unspecified atom stereocenters. The standard InChI is InChI=1S/C24H27NO5S2.CH2O2/c1-25(11-5-13-29-19-7-2-6-18(26)16-19)12-10-20(17-25)30-23(27)24(28,21-8-3-14-31-21)22-9-4-15-32-22;2-1-3/h2-4,6-9,14-16,20,28H,5,10-13,17H2,1H3;1H,(H,2,3). The number of phenolic OH excluding ortho intramolecular Hbond substituents is 1. The van der Waals surface area contributed by atoms with Gasteiger partial charge in [-0.15, -0.1) is 22.7 Å². The van der Waals surface area contributed by atoms with Crippen molar-refractivity contribution in [2.75, 3.05) is 33.3 Å². The molecule has 2 aromatic heterocycles. The van der Waals surface area contributed by atoms with Gasteiger partial charge in [-0.2, -0.15) is 0 Å². The molecular weight excluding hydrogens is 490 g/mol. The van der Waals surface area contributed by atoms with Crippen molar-refractivity contribution in [2.24, 2.45) is 0 Å². The molecule has 0 saturated carbocycles. The number of aliphatic hydroxyl groups is 1. The molecule has 1 fully saturated rings. The molecule has 2 atom stereocenters. The number of esters is 1. The van der Waals surface area contributed by atoms with Crippen molar-refractivity contribution in [1.82, 2.24) is 0 Å². The van der Waals surface area contributed by atoms with Crippen molar-refractivity contribution in [2.45, 2.75) is 24.5 Å². The number of benzene rings is 1. The summed E-state index contributed by atoms with van der Waals surface area (Å²) in [7, 11) is 2.16. The SMILES string of the molecule is C[N+]1(CCCOc2cccc(O)c2)CCC(OC(=O)C(O)(c2cccs2)c2cccs2)C1.O=C[O-]. The zero-order valence-electron chi connectivity index (χ0n) is 19.4. The van der Waals surface area contributed by atoms with E-state index in [0.717, 1.165) is 30.4 Å². The highest BCUT2D eigenvalue weighted by Crippen LogP contribution is 2.37. The quantitative estimate of drug-likeness (QED) is 0.193. The fraction of sp³-hybridized carbons (Fsp3) is 0.360. The van der Waals surface area contributed by atoms with E-state index < -0.39 is 18.0 Å². The van der Waals surface area contributed by atoms with E-state index in [9.17, 15) is 15.0 Å². The summed E-state index contributed by atoms with van der Waals surface area (Å²) in [5.41, 5.74) is -1.76. The third kappa shape index (κ3) is 6.82. The number of phenols is 1. The van der Waals surface area contributed by atoms with Crippen LogP contribution in [0.1, 0.15) is 22.6 Å². The minimum atomic E-state index is -1.76. The van der Waals surface area contributed by atoms with Crippen LogP contribution in [0.5, 0.6) is 11.5 Å². The second kappa shape index (κ2) is 12.2. The molecule has 0 amide bonds. The molecule has 0 spiro atoms. The molecule has 1 aliphatic heterocycles. The van der Waals surface area contributed by atoms with Gasteiger partial charge in [0.2, 0.25) is 5.60 Å². The lowest BCUT2D eigenvalue weighted by atomic mass is 10.00. The van der Waals surface area contributed by atoms with Crippen LogP contribution in [0.2, 0.25) is 0 Å². The highest BCUT2D eigenvalue weighted by Gasteiger charge is 2.46. The van der Waals surface area contributed by atoms with Gasteiger partial charge in [-0.25, -0.2) is 4.79 Å². The summed E-state index contributed by atoms with van der Waals surface area (Å²) >= 11 is 2.70. The Balaban J connectivity index is 0.00000108. The first kappa shape index (κ1) is 26.7. The Morgan fingerprint density at radius 3 is 2.43 bits per heavy atom. The second-order valence-corrected chi connectivity index (χ2v) is 10.4. The predicted molar refractivity (Wildman–Crippen MR) is 131 cm³/mol. The molecule has 0 bridgehead atoms. The van der Waals surface area contributed by atoms with Crippen LogP contribution in [-0.4, -0.2) is 66.5 Å². The van der Waals surface area contributed by atoms with E-state index in [-0.39, 0.29) is 11.9 Å². The molecule has 0 radical (unpaired) electrons. The first-order chi connectivity index (χ1) is 16.8. The van der Waals surface area contributed by atoms with Gasteiger partial charge >= 0.3 is 5.97 Å². The van der Waals surface area contributed by atoms with Gasteiger partial charge in [0.1, 0.15) is 18.0 Å². The summed E-state index contributed by atoms with van der Waals surface area (Å²) in [6.07, 6.45) is 1.38. The summed E-state index contributed by atoms with van der Waals surface area (Å²) in [4.78, 5) is 22.6. The fourth-order valence-corrected chi connectivity index (χ4v) is 5.88. The molecule has 0 aliphatic carbocycles. The lowest BCUT2D eigenvalue weighted by Gasteiger charge is -2.30. The first-order valence-corrected chi connectivity index (χ1v) is 12.9. The number of carboxylic acid groups (broad SMARTS) is 1. The van der Waals surface area contributed by atoms with Gasteiger partial charge < -0.3 is 34.1 Å². The van der Waals surface area contributed by atoms with Crippen LogP contribution in [-0.2, 0) is 19.9 Å². The van der Waals surface area contributed by atoms with Crippen molar-refractivity contribution in [1.29, 1.82) is 0 Å². The zero-order valence-corrected chi connectivity index (χ0v) is 21.0. The number of likely N-dealkylation sites (N-methyl/N-ethyl adjacent to an activating group) is 1. The van der Waals surface area contributed by atoms with Crippen molar-refractivity contribution >= 4 is 35.1 Å². The van der Waals surface area contributed by atoms with Gasteiger partial charge in [-0.3, -0.25) is 0 Å². The molecule has 35 heavy (non-hydrogen) atoms. The lowest BCUT2D eigenvalue weighted by molar-refractivity contribution is -0.899. The van der Waals surface area contributed by atoms with Crippen LogP contribution in [0.15, 0.2) is 59.3 Å². The van der Waals surface area contributed by atoms with E-state index in [4.69, 9.17) is 19.4 Å². The third-order valence-electron chi connectivity index (χ3n) is 5.89. The molecule has 2 N–H and O–H groups in total. The van der Waals surface area contributed by atoms with E-state index in [2.05, 4.69) is 7.05 Å². The van der Waals surface area contributed by atoms with E-state index in [1.807, 2.05) is 29.0 Å². The number of hydrogen-bond acceptors (Lipinski definition) is 9. The summed E-state index contributed by atoms with van der Waals surface area (Å²) in [6, 6.07) is 14.0. The monoisotopic (exact) mass is 519 g/mol. The number of hydrogen-bond donors (Lipinski definition) is 2. The summed E-state index contributed by atoms with van der Waals surface area (Å²) in [5.74, 6) is 0.242. The number of rotatable bonds is 9. The van der Waals surface area contributed by atoms with Crippen LogP contribution in [0.4, 0.5) is 0 Å². The number of carbonyl (C=O) groups is 2. The van der Waals surface area contributed by atoms with E-state index in [1.165, 1.54) is 22.7 Å². The molecule has 188 valence electrons. The number of thiophene rings is 2. The predicted octanol–water partition coefficient (Wildman–Crippen LogP) is 2.35. The highest BCUT2D eigenvalue weighted by molar-refractivity contribution is 7.12. The third-order valence-corrected chi connectivity index (χ3v) is 7.85. The Morgan fingerprint density at radius 2 is 1.86 bits per heavy atom. The molecule has 10 heteroatoms. The highest BCUT2D eigenvalue weighted by atomic mass is 32.1. The smallest absolute Gasteiger partial charge is 0.349 e. The number of likely N-dealkylation sites (tertiary alicyclic amines) is 1. The van der Waals surface area contributed by atoms with Gasteiger partial charge in [0.25, 0.3) is 0 Å². The summed E-state index contributed by atoms with van der Waals surface area (Å²) in [6.45, 7) is 2.56. The maximum atomic E-state index is 13.2. The maximum absolute atomic E-state index is 13.2. The van der Waals surface area contributed by atoms with Gasteiger partial charge in [0.05, 0.1) is 36.5 Å². The van der Waals surface area contributed by atoms with E-state index >= 15 is 0 Å². The lowest BCUT2D eigenvalue weighted by Crippen LogP contribution is -2.45. The molecule has 3 heterocycles. The minimum Gasteiger partial charge on any atom is -0.554 e. The van der Waals surface area contributed by atoms with Crippen LogP contribution in [0.25, 0.3) is 0 Å². The van der Waals surface area contributed by atoms with Gasteiger partial charge in [0.15, 0.2) is 6.10 Å². The number of quaternary nitrogens is 1. The Bertz CT molecular complexity index is 1040. The Labute approximate surface area is 212 Å². The summed E-state index contributed by atoms with van der Waals surface area (Å²) < 4.78 is 12.4. The van der Waals surface area contributed by atoms with Gasteiger partial charge in [-0.1, -0.05) is 18.2 Å². The van der Waals surface area contributed by atoms with Crippen molar-refractivity contribution in [3.8, 4) is 11.5 Å². The number of carbonyl (C=O) groups excluding carboxylic acids is 2. The summed E-state index contributed by atoms with van der Waals surface area (Å²) in [5, 5.41) is 32.9. The molecule has 8 nitrogen and oxygen atoms in total. The number of nitrogens with zero attached hydrogens (tertiary/aromatic N) is 1. The average molecular weight is 520 g/mol. The van der Waals surface area contributed by atoms with Crippen molar-refractivity contribution in [3.63, 3.8) is 0 Å². The molecule has 1 saturated heterocycles. The van der Waals surface area contributed by atoms with Crippen LogP contribution in [0, 0.1) is 0 Å². The van der Waals surface area contributed by atoms with Crippen molar-refractivity contribution < 1.29 is 38.9 Å². The Kier molecular flexibility index (Phi) is 9.27. The molecule has 4 rings (SSSR count). The maximum Gasteiger partial charge on any atom is 0.349 e. The zero-order chi connectivity index (χ0) is 25.3. The molecule has 1 aliphatic rings. The normalized spacial score (nSPS) is 19.4. The molecule has 1 aromatic carbocycles.